The minimum absolute atomic E-state index is 0.0766. The summed E-state index contributed by atoms with van der Waals surface area (Å²) in [5.74, 6) is -0.579. The van der Waals surface area contributed by atoms with Gasteiger partial charge < -0.3 is 20.1 Å². The third-order valence-electron chi connectivity index (χ3n) is 4.55. The molecule has 30 heavy (non-hydrogen) atoms. The zero-order chi connectivity index (χ0) is 22.1. The maximum absolute atomic E-state index is 12.4. The van der Waals surface area contributed by atoms with Crippen LogP contribution < -0.4 is 15.4 Å². The summed E-state index contributed by atoms with van der Waals surface area (Å²) >= 11 is 0. The number of nitrogens with one attached hydrogen (secondary N) is 2. The first-order valence-corrected chi connectivity index (χ1v) is 9.73. The Morgan fingerprint density at radius 2 is 1.70 bits per heavy atom. The highest BCUT2D eigenvalue weighted by molar-refractivity contribution is 5.83. The van der Waals surface area contributed by atoms with E-state index in [1.807, 2.05) is 49.4 Å². The van der Waals surface area contributed by atoms with Crippen molar-refractivity contribution in [2.45, 2.75) is 45.9 Å². The molecular weight excluding hydrogens is 384 g/mol. The van der Waals surface area contributed by atoms with Gasteiger partial charge in [-0.3, -0.25) is 14.4 Å². The number of carbonyl (C=O) groups is 3. The largest absolute Gasteiger partial charge is 0.496 e. The topological polar surface area (TPSA) is 93.7 Å². The Balaban J connectivity index is 1.93. The van der Waals surface area contributed by atoms with Gasteiger partial charge in [-0.1, -0.05) is 48.0 Å². The van der Waals surface area contributed by atoms with Crippen molar-refractivity contribution in [2.24, 2.45) is 0 Å². The number of para-hydroxylation sites is 1. The fourth-order valence-electron chi connectivity index (χ4n) is 2.94. The summed E-state index contributed by atoms with van der Waals surface area (Å²) in [4.78, 5) is 36.3. The molecule has 0 aromatic heterocycles. The van der Waals surface area contributed by atoms with Gasteiger partial charge in [-0.25, -0.2) is 0 Å². The Kier molecular flexibility index (Phi) is 8.41. The van der Waals surface area contributed by atoms with Crippen LogP contribution in [0.25, 0.3) is 0 Å². The Labute approximate surface area is 176 Å². The Hall–Kier alpha value is -3.35. The minimum Gasteiger partial charge on any atom is -0.496 e. The lowest BCUT2D eigenvalue weighted by Gasteiger charge is -2.19. The summed E-state index contributed by atoms with van der Waals surface area (Å²) < 4.78 is 10.5. The second-order valence-electron chi connectivity index (χ2n) is 7.03. The molecule has 0 heterocycles. The normalized spacial score (nSPS) is 12.4. The molecule has 7 heteroatoms. The maximum Gasteiger partial charge on any atom is 0.309 e. The molecule has 0 bridgehead atoms. The predicted octanol–water partition coefficient (Wildman–Crippen LogP) is 2.82. The van der Waals surface area contributed by atoms with Crippen LogP contribution in [0.5, 0.6) is 5.75 Å². The van der Waals surface area contributed by atoms with Gasteiger partial charge in [0.1, 0.15) is 5.75 Å². The van der Waals surface area contributed by atoms with E-state index in [-0.39, 0.29) is 18.9 Å². The second-order valence-corrected chi connectivity index (χ2v) is 7.03. The van der Waals surface area contributed by atoms with Crippen LogP contribution in [0.4, 0.5) is 0 Å². The summed E-state index contributed by atoms with van der Waals surface area (Å²) in [6.45, 7) is 5.11. The predicted molar refractivity (Wildman–Crippen MR) is 113 cm³/mol. The number of hydrogen-bond acceptors (Lipinski definition) is 5. The van der Waals surface area contributed by atoms with Gasteiger partial charge in [-0.15, -0.1) is 0 Å². The lowest BCUT2D eigenvalue weighted by Crippen LogP contribution is -2.36. The lowest BCUT2D eigenvalue weighted by atomic mass is 10.0. The van der Waals surface area contributed by atoms with Crippen LogP contribution in [0.1, 0.15) is 43.0 Å². The third-order valence-corrected chi connectivity index (χ3v) is 4.55. The maximum atomic E-state index is 12.4. The van der Waals surface area contributed by atoms with E-state index >= 15 is 0 Å². The fraction of sp³-hybridized carbons (Fsp3) is 0.348. The molecule has 0 saturated carbocycles. The quantitative estimate of drug-likeness (QED) is 0.618. The second kappa shape index (κ2) is 11.0. The minimum atomic E-state index is -0.969. The van der Waals surface area contributed by atoms with E-state index in [9.17, 15) is 14.4 Å². The molecule has 160 valence electrons. The first-order valence-electron chi connectivity index (χ1n) is 9.73. The van der Waals surface area contributed by atoms with Gasteiger partial charge in [-0.05, 0) is 25.5 Å². The molecule has 2 unspecified atom stereocenters. The van der Waals surface area contributed by atoms with Crippen molar-refractivity contribution >= 4 is 17.8 Å². The van der Waals surface area contributed by atoms with Crippen LogP contribution in [0.15, 0.2) is 48.5 Å². The van der Waals surface area contributed by atoms with Crippen molar-refractivity contribution in [3.05, 3.63) is 65.2 Å². The summed E-state index contributed by atoms with van der Waals surface area (Å²) in [7, 11) is 1.56. The molecule has 2 aromatic rings. The van der Waals surface area contributed by atoms with E-state index < -0.39 is 24.0 Å². The molecule has 0 aliphatic carbocycles. The van der Waals surface area contributed by atoms with Crippen LogP contribution in [0.3, 0.4) is 0 Å². The van der Waals surface area contributed by atoms with E-state index in [0.29, 0.717) is 5.75 Å². The van der Waals surface area contributed by atoms with Crippen molar-refractivity contribution in [2.75, 3.05) is 7.11 Å². The van der Waals surface area contributed by atoms with Crippen LogP contribution in [0.2, 0.25) is 0 Å². The highest BCUT2D eigenvalue weighted by atomic mass is 16.5. The summed E-state index contributed by atoms with van der Waals surface area (Å²) in [6, 6.07) is 14.3. The summed E-state index contributed by atoms with van der Waals surface area (Å²) in [6.07, 6.45) is -1.05. The SMILES string of the molecule is COc1ccccc1CNC(=O)C(C)OC(=O)CC(NC(C)=O)c1ccc(C)cc1. The van der Waals surface area contributed by atoms with Crippen LogP contribution in [0, 0.1) is 6.92 Å². The van der Waals surface area contributed by atoms with Gasteiger partial charge in [0.25, 0.3) is 5.91 Å². The average Bonchev–Trinajstić information content (AvgIpc) is 2.71. The zero-order valence-corrected chi connectivity index (χ0v) is 17.7. The average molecular weight is 412 g/mol. The third kappa shape index (κ3) is 6.92. The molecule has 2 rings (SSSR count). The molecule has 2 N–H and O–H groups in total. The number of ether oxygens (including phenoxy) is 2. The number of amides is 2. The standard InChI is InChI=1S/C23H28N2O5/c1-15-9-11-18(12-10-15)20(25-17(3)26)13-22(27)30-16(2)23(28)24-14-19-7-5-6-8-21(19)29-4/h5-12,16,20H,13-14H2,1-4H3,(H,24,28)(H,25,26). The summed E-state index contributed by atoms with van der Waals surface area (Å²) in [5, 5.41) is 5.49. The van der Waals surface area contributed by atoms with Crippen molar-refractivity contribution in [1.29, 1.82) is 0 Å². The van der Waals surface area contributed by atoms with Crippen molar-refractivity contribution < 1.29 is 23.9 Å². The molecule has 7 nitrogen and oxygen atoms in total. The molecule has 0 spiro atoms. The number of rotatable bonds is 9. The van der Waals surface area contributed by atoms with Gasteiger partial charge in [0, 0.05) is 19.0 Å². The Morgan fingerprint density at radius 1 is 1.03 bits per heavy atom. The van der Waals surface area contributed by atoms with Gasteiger partial charge in [-0.2, -0.15) is 0 Å². The molecule has 0 aliphatic heterocycles. The van der Waals surface area contributed by atoms with Crippen molar-refractivity contribution in [1.82, 2.24) is 10.6 Å². The Bertz CT molecular complexity index is 879. The van der Waals surface area contributed by atoms with Gasteiger partial charge in [0.05, 0.1) is 19.6 Å². The lowest BCUT2D eigenvalue weighted by molar-refractivity contribution is -0.155. The molecule has 2 aromatic carbocycles. The molecule has 0 radical (unpaired) electrons. The van der Waals surface area contributed by atoms with E-state index in [1.165, 1.54) is 13.8 Å². The monoisotopic (exact) mass is 412 g/mol. The molecule has 0 aliphatic rings. The Morgan fingerprint density at radius 3 is 2.33 bits per heavy atom. The van der Waals surface area contributed by atoms with Crippen LogP contribution >= 0.6 is 0 Å². The van der Waals surface area contributed by atoms with Crippen molar-refractivity contribution in [3.63, 3.8) is 0 Å². The highest BCUT2D eigenvalue weighted by Crippen LogP contribution is 2.19. The number of carbonyl (C=O) groups excluding carboxylic acids is 3. The van der Waals surface area contributed by atoms with Crippen molar-refractivity contribution in [3.8, 4) is 5.75 Å². The first-order chi connectivity index (χ1) is 14.3. The zero-order valence-electron chi connectivity index (χ0n) is 17.7. The molecule has 0 saturated heterocycles. The van der Waals surface area contributed by atoms with E-state index in [0.717, 1.165) is 16.7 Å². The molecule has 0 fully saturated rings. The summed E-state index contributed by atoms with van der Waals surface area (Å²) in [5.41, 5.74) is 2.68. The molecule has 2 atom stereocenters. The highest BCUT2D eigenvalue weighted by Gasteiger charge is 2.22. The van der Waals surface area contributed by atoms with E-state index in [1.54, 1.807) is 13.2 Å². The van der Waals surface area contributed by atoms with E-state index in [4.69, 9.17) is 9.47 Å². The first kappa shape index (κ1) is 22.9. The fourth-order valence-corrected chi connectivity index (χ4v) is 2.94. The van der Waals surface area contributed by atoms with Gasteiger partial charge in [0.15, 0.2) is 6.10 Å². The van der Waals surface area contributed by atoms with Crippen LogP contribution in [-0.4, -0.2) is 31.0 Å². The number of hydrogen-bond donors (Lipinski definition) is 2. The molecular formula is C23H28N2O5. The van der Waals surface area contributed by atoms with E-state index in [2.05, 4.69) is 10.6 Å². The number of aryl methyl sites for hydroxylation is 1. The number of benzene rings is 2. The smallest absolute Gasteiger partial charge is 0.309 e. The van der Waals surface area contributed by atoms with Gasteiger partial charge >= 0.3 is 5.97 Å². The van der Waals surface area contributed by atoms with Crippen LogP contribution in [-0.2, 0) is 25.7 Å². The number of methoxy groups -OCH3 is 1. The van der Waals surface area contributed by atoms with Gasteiger partial charge in [0.2, 0.25) is 5.91 Å². The number of esters is 1. The molecule has 2 amide bonds.